The van der Waals surface area contributed by atoms with Crippen LogP contribution in [0.5, 0.6) is 0 Å². The van der Waals surface area contributed by atoms with Gasteiger partial charge in [-0.2, -0.15) is 0 Å². The Bertz CT molecular complexity index is 1060. The fraction of sp³-hybridized carbons (Fsp3) is 0.909. The normalized spacial score (nSPS) is 20.1. The van der Waals surface area contributed by atoms with Crippen LogP contribution < -0.4 is 5.32 Å². The van der Waals surface area contributed by atoms with Crippen molar-refractivity contribution in [1.29, 1.82) is 0 Å². The zero-order valence-electron chi connectivity index (χ0n) is 41.8. The molecule has 1 fully saturated rings. The van der Waals surface area contributed by atoms with Gasteiger partial charge in [0, 0.05) is 6.42 Å². The highest BCUT2D eigenvalue weighted by Crippen LogP contribution is 2.23. The van der Waals surface area contributed by atoms with Crippen molar-refractivity contribution >= 4 is 5.91 Å². The Morgan fingerprint density at radius 3 is 1.31 bits per heavy atom. The molecule has 0 aromatic heterocycles. The number of carbonyl (C=O) groups is 1. The van der Waals surface area contributed by atoms with Gasteiger partial charge in [0.05, 0.1) is 25.4 Å². The number of allylic oxidation sites excluding steroid dienone is 3. The van der Waals surface area contributed by atoms with E-state index in [0.717, 1.165) is 38.5 Å². The molecule has 0 aliphatic carbocycles. The molecule has 1 rings (SSSR count). The largest absolute Gasteiger partial charge is 0.394 e. The van der Waals surface area contributed by atoms with Gasteiger partial charge in [0.25, 0.3) is 0 Å². The second-order valence-electron chi connectivity index (χ2n) is 19.4. The summed E-state index contributed by atoms with van der Waals surface area (Å²) in [4.78, 5) is 13.0. The molecule has 0 radical (unpaired) electrons. The summed E-state index contributed by atoms with van der Waals surface area (Å²) in [5.41, 5.74) is 0. The van der Waals surface area contributed by atoms with Gasteiger partial charge in [0.2, 0.25) is 5.91 Å². The van der Waals surface area contributed by atoms with E-state index in [9.17, 15) is 30.3 Å². The second-order valence-corrected chi connectivity index (χ2v) is 19.4. The molecule has 378 valence electrons. The number of nitrogens with one attached hydrogen (secondary N) is 1. The van der Waals surface area contributed by atoms with Crippen molar-refractivity contribution < 1.29 is 39.8 Å². The first-order chi connectivity index (χ1) is 31.3. The number of rotatable bonds is 47. The number of aliphatic hydroxyl groups is 5. The second kappa shape index (κ2) is 45.5. The van der Waals surface area contributed by atoms with Crippen LogP contribution in [0.1, 0.15) is 264 Å². The first kappa shape index (κ1) is 60.7. The number of hydrogen-bond acceptors (Lipinski definition) is 8. The number of unbranched alkanes of at least 4 members (excludes halogenated alkanes) is 35. The van der Waals surface area contributed by atoms with Gasteiger partial charge in [-0.3, -0.25) is 4.79 Å². The fourth-order valence-corrected chi connectivity index (χ4v) is 8.88. The van der Waals surface area contributed by atoms with Crippen LogP contribution in [0.3, 0.4) is 0 Å². The highest BCUT2D eigenvalue weighted by Gasteiger charge is 2.44. The maximum atomic E-state index is 13.0. The molecule has 9 nitrogen and oxygen atoms in total. The van der Waals surface area contributed by atoms with E-state index >= 15 is 0 Å². The summed E-state index contributed by atoms with van der Waals surface area (Å²) < 4.78 is 11.2. The predicted molar refractivity (Wildman–Crippen MR) is 267 cm³/mol. The lowest BCUT2D eigenvalue weighted by molar-refractivity contribution is -0.302. The van der Waals surface area contributed by atoms with Crippen LogP contribution in [0.15, 0.2) is 24.3 Å². The van der Waals surface area contributed by atoms with Gasteiger partial charge in [-0.25, -0.2) is 0 Å². The summed E-state index contributed by atoms with van der Waals surface area (Å²) in [5.74, 6) is -0.181. The van der Waals surface area contributed by atoms with Gasteiger partial charge in [0.15, 0.2) is 6.29 Å². The third kappa shape index (κ3) is 34.9. The Morgan fingerprint density at radius 2 is 0.891 bits per heavy atom. The third-order valence-corrected chi connectivity index (χ3v) is 13.3. The highest BCUT2D eigenvalue weighted by molar-refractivity contribution is 5.76. The molecule has 1 aliphatic heterocycles. The van der Waals surface area contributed by atoms with Gasteiger partial charge in [0.1, 0.15) is 24.4 Å². The van der Waals surface area contributed by atoms with E-state index in [1.165, 1.54) is 205 Å². The fourth-order valence-electron chi connectivity index (χ4n) is 8.88. The summed E-state index contributed by atoms with van der Waals surface area (Å²) in [6, 6.07) is -0.818. The topological polar surface area (TPSA) is 149 Å². The Balaban J connectivity index is 2.25. The van der Waals surface area contributed by atoms with E-state index in [1.807, 2.05) is 6.08 Å². The maximum Gasteiger partial charge on any atom is 0.220 e. The Labute approximate surface area is 394 Å². The molecule has 0 bridgehead atoms. The smallest absolute Gasteiger partial charge is 0.220 e. The Hall–Kier alpha value is -1.33. The van der Waals surface area contributed by atoms with Crippen molar-refractivity contribution in [2.24, 2.45) is 0 Å². The number of amides is 1. The first-order valence-electron chi connectivity index (χ1n) is 27.6. The lowest BCUT2D eigenvalue weighted by atomic mass is 9.99. The lowest BCUT2D eigenvalue weighted by Gasteiger charge is -2.40. The zero-order valence-corrected chi connectivity index (χ0v) is 41.8. The third-order valence-electron chi connectivity index (χ3n) is 13.3. The minimum Gasteiger partial charge on any atom is -0.394 e. The molecule has 0 aromatic carbocycles. The average Bonchev–Trinajstić information content (AvgIpc) is 3.29. The molecule has 7 unspecified atom stereocenters. The van der Waals surface area contributed by atoms with Gasteiger partial charge in [-0.05, 0) is 32.1 Å². The van der Waals surface area contributed by atoms with E-state index in [4.69, 9.17) is 9.47 Å². The predicted octanol–water partition coefficient (Wildman–Crippen LogP) is 13.0. The molecule has 0 spiro atoms. The molecular weight excluding hydrogens is 803 g/mol. The van der Waals surface area contributed by atoms with Crippen molar-refractivity contribution in [3.63, 3.8) is 0 Å². The van der Waals surface area contributed by atoms with Crippen LogP contribution in [-0.2, 0) is 14.3 Å². The zero-order chi connectivity index (χ0) is 46.6. The van der Waals surface area contributed by atoms with E-state index in [1.54, 1.807) is 6.08 Å². The minimum atomic E-state index is -1.57. The van der Waals surface area contributed by atoms with Crippen LogP contribution in [0, 0.1) is 0 Å². The number of aliphatic hydroxyl groups excluding tert-OH is 5. The van der Waals surface area contributed by atoms with Gasteiger partial charge in [-0.1, -0.05) is 250 Å². The quantitative estimate of drug-likeness (QED) is 0.0261. The highest BCUT2D eigenvalue weighted by atomic mass is 16.7. The van der Waals surface area contributed by atoms with E-state index in [-0.39, 0.29) is 12.5 Å². The first-order valence-corrected chi connectivity index (χ1v) is 27.6. The van der Waals surface area contributed by atoms with E-state index in [0.29, 0.717) is 6.42 Å². The molecule has 1 amide bonds. The number of hydrogen-bond donors (Lipinski definition) is 6. The van der Waals surface area contributed by atoms with Crippen molar-refractivity contribution in [2.75, 3.05) is 13.2 Å². The van der Waals surface area contributed by atoms with Crippen LogP contribution in [0.25, 0.3) is 0 Å². The average molecular weight is 908 g/mol. The summed E-state index contributed by atoms with van der Waals surface area (Å²) in [5, 5.41) is 54.4. The molecule has 1 saturated heterocycles. The number of carbonyl (C=O) groups excluding carboxylic acids is 1. The van der Waals surface area contributed by atoms with Crippen molar-refractivity contribution in [1.82, 2.24) is 5.32 Å². The molecular formula is C55H105NO8. The van der Waals surface area contributed by atoms with Crippen molar-refractivity contribution in [2.45, 2.75) is 307 Å². The summed E-state index contributed by atoms with van der Waals surface area (Å²) >= 11 is 0. The number of ether oxygens (including phenoxy) is 2. The maximum absolute atomic E-state index is 13.0. The van der Waals surface area contributed by atoms with Crippen LogP contribution in [0.2, 0.25) is 0 Å². The molecule has 0 saturated carbocycles. The minimum absolute atomic E-state index is 0.181. The summed E-state index contributed by atoms with van der Waals surface area (Å²) in [7, 11) is 0. The van der Waals surface area contributed by atoms with Crippen LogP contribution in [-0.4, -0.2) is 87.5 Å². The Morgan fingerprint density at radius 1 is 0.516 bits per heavy atom. The molecule has 9 heteroatoms. The van der Waals surface area contributed by atoms with Crippen LogP contribution in [0.4, 0.5) is 0 Å². The van der Waals surface area contributed by atoms with Crippen LogP contribution >= 0.6 is 0 Å². The van der Waals surface area contributed by atoms with E-state index < -0.39 is 49.5 Å². The SMILES string of the molecule is CCCCCCCCCCCCCC/C=C/CC/C=C/C(O)C(COC1OC(CO)C(O)C(O)C1O)NC(=O)CCCCCCCCCCCCCCCCCCCCCCCCC. The molecule has 64 heavy (non-hydrogen) atoms. The molecule has 7 atom stereocenters. The molecule has 0 aromatic rings. The molecule has 1 heterocycles. The van der Waals surface area contributed by atoms with E-state index in [2.05, 4.69) is 31.3 Å². The summed E-state index contributed by atoms with van der Waals surface area (Å²) in [6.07, 6.45) is 49.5. The Kier molecular flexibility index (Phi) is 43.1. The molecule has 1 aliphatic rings. The van der Waals surface area contributed by atoms with Crippen molar-refractivity contribution in [3.8, 4) is 0 Å². The standard InChI is InChI=1S/C55H105NO8/c1-3-5-7-9-11-13-15-17-19-21-23-24-25-26-27-29-31-33-35-37-39-41-43-45-51(59)56-48(47-63-55-54(62)53(61)52(60)50(46-57)64-55)49(58)44-42-40-38-36-34-32-30-28-22-20-18-16-14-12-10-8-6-4-2/h34,36,42,44,48-50,52-55,57-58,60-62H,3-33,35,37-41,43,45-47H2,1-2H3,(H,56,59)/b36-34+,44-42+. The molecule has 6 N–H and O–H groups in total. The van der Waals surface area contributed by atoms with Gasteiger partial charge < -0.3 is 40.3 Å². The monoisotopic (exact) mass is 908 g/mol. The summed E-state index contributed by atoms with van der Waals surface area (Å²) in [6.45, 7) is 3.79. The van der Waals surface area contributed by atoms with Gasteiger partial charge >= 0.3 is 0 Å². The van der Waals surface area contributed by atoms with Gasteiger partial charge in [-0.15, -0.1) is 0 Å². The van der Waals surface area contributed by atoms with Crippen molar-refractivity contribution in [3.05, 3.63) is 24.3 Å². The lowest BCUT2D eigenvalue weighted by Crippen LogP contribution is -2.60.